The van der Waals surface area contributed by atoms with Crippen LogP contribution in [0, 0.1) is 6.92 Å². The lowest BCUT2D eigenvalue weighted by Gasteiger charge is -2.27. The first kappa shape index (κ1) is 12.5. The Morgan fingerprint density at radius 2 is 2.05 bits per heavy atom. The van der Waals surface area contributed by atoms with Crippen molar-refractivity contribution in [1.82, 2.24) is 15.2 Å². The third kappa shape index (κ3) is 2.33. The highest BCUT2D eigenvalue weighted by atomic mass is 16.5. The second-order valence-electron chi connectivity index (χ2n) is 5.14. The van der Waals surface area contributed by atoms with E-state index in [1.165, 1.54) is 16.6 Å². The number of H-pyrrole nitrogens is 1. The molecule has 1 aromatic carbocycles. The first-order valence-corrected chi connectivity index (χ1v) is 6.87. The lowest BCUT2D eigenvalue weighted by Crippen LogP contribution is -2.42. The van der Waals surface area contributed by atoms with Gasteiger partial charge in [-0.1, -0.05) is 12.1 Å². The van der Waals surface area contributed by atoms with Gasteiger partial charge in [-0.05, 0) is 18.6 Å². The van der Waals surface area contributed by atoms with Crippen molar-refractivity contribution >= 4 is 10.9 Å². The van der Waals surface area contributed by atoms with Crippen LogP contribution in [0.4, 0.5) is 0 Å². The van der Waals surface area contributed by atoms with Crippen molar-refractivity contribution in [3.05, 3.63) is 29.5 Å². The molecule has 1 aliphatic rings. The van der Waals surface area contributed by atoms with E-state index in [0.29, 0.717) is 0 Å². The number of aromatic nitrogens is 1. The predicted octanol–water partition coefficient (Wildman–Crippen LogP) is 1.89. The smallest absolute Gasteiger partial charge is 0.142 e. The summed E-state index contributed by atoms with van der Waals surface area (Å²) < 4.78 is 5.43. The molecule has 4 nitrogen and oxygen atoms in total. The van der Waals surface area contributed by atoms with Crippen LogP contribution in [0.3, 0.4) is 0 Å². The normalized spacial score (nSPS) is 16.9. The summed E-state index contributed by atoms with van der Waals surface area (Å²) in [5.74, 6) is 0.923. The van der Waals surface area contributed by atoms with Crippen LogP contribution in [-0.4, -0.2) is 43.2 Å². The van der Waals surface area contributed by atoms with E-state index in [0.717, 1.165) is 44.0 Å². The number of benzene rings is 1. The van der Waals surface area contributed by atoms with Crippen LogP contribution in [-0.2, 0) is 6.54 Å². The first-order chi connectivity index (χ1) is 9.29. The number of hydrogen-bond acceptors (Lipinski definition) is 3. The lowest BCUT2D eigenvalue weighted by atomic mass is 10.1. The minimum absolute atomic E-state index is 0.923. The van der Waals surface area contributed by atoms with Crippen molar-refractivity contribution in [1.29, 1.82) is 0 Å². The molecule has 0 unspecified atom stereocenters. The Bertz CT molecular complexity index is 570. The van der Waals surface area contributed by atoms with Gasteiger partial charge in [0.1, 0.15) is 5.75 Å². The minimum atomic E-state index is 0.923. The van der Waals surface area contributed by atoms with E-state index in [9.17, 15) is 0 Å². The quantitative estimate of drug-likeness (QED) is 0.884. The Labute approximate surface area is 113 Å². The Morgan fingerprint density at radius 1 is 1.26 bits per heavy atom. The maximum absolute atomic E-state index is 5.43. The summed E-state index contributed by atoms with van der Waals surface area (Å²) in [7, 11) is 1.72. The molecule has 1 aliphatic heterocycles. The number of nitrogens with one attached hydrogen (secondary N) is 2. The van der Waals surface area contributed by atoms with Gasteiger partial charge in [0.25, 0.3) is 0 Å². The number of piperazine rings is 1. The molecule has 1 fully saturated rings. The van der Waals surface area contributed by atoms with Crippen LogP contribution in [0.1, 0.15) is 11.3 Å². The van der Waals surface area contributed by atoms with Crippen molar-refractivity contribution in [3.8, 4) is 5.75 Å². The van der Waals surface area contributed by atoms with Gasteiger partial charge in [0.2, 0.25) is 0 Å². The molecule has 0 amide bonds. The SMILES string of the molecule is COc1cccc2c(CN3CCNCC3)c(C)[nH]c12. The zero-order valence-electron chi connectivity index (χ0n) is 11.6. The summed E-state index contributed by atoms with van der Waals surface area (Å²) in [6, 6.07) is 6.25. The molecule has 1 saturated heterocycles. The molecular formula is C15H21N3O. The summed E-state index contributed by atoms with van der Waals surface area (Å²) in [6.07, 6.45) is 0. The van der Waals surface area contributed by atoms with Gasteiger partial charge in [-0.15, -0.1) is 0 Å². The zero-order valence-corrected chi connectivity index (χ0v) is 11.6. The lowest BCUT2D eigenvalue weighted by molar-refractivity contribution is 0.233. The number of ether oxygens (including phenoxy) is 1. The van der Waals surface area contributed by atoms with E-state index in [4.69, 9.17) is 4.74 Å². The van der Waals surface area contributed by atoms with Gasteiger partial charge < -0.3 is 15.0 Å². The van der Waals surface area contributed by atoms with Gasteiger partial charge >= 0.3 is 0 Å². The molecule has 2 N–H and O–H groups in total. The fourth-order valence-corrected chi connectivity index (χ4v) is 2.84. The molecule has 2 aromatic rings. The average molecular weight is 259 g/mol. The van der Waals surface area contributed by atoms with Gasteiger partial charge in [0, 0.05) is 43.8 Å². The van der Waals surface area contributed by atoms with E-state index in [1.807, 2.05) is 6.07 Å². The fraction of sp³-hybridized carbons (Fsp3) is 0.467. The number of para-hydroxylation sites is 1. The second kappa shape index (κ2) is 5.23. The summed E-state index contributed by atoms with van der Waals surface area (Å²) in [5.41, 5.74) is 3.77. The Hall–Kier alpha value is -1.52. The number of methoxy groups -OCH3 is 1. The van der Waals surface area contributed by atoms with E-state index < -0.39 is 0 Å². The van der Waals surface area contributed by atoms with E-state index in [-0.39, 0.29) is 0 Å². The number of aryl methyl sites for hydroxylation is 1. The molecule has 2 heterocycles. The first-order valence-electron chi connectivity index (χ1n) is 6.87. The molecule has 19 heavy (non-hydrogen) atoms. The minimum Gasteiger partial charge on any atom is -0.495 e. The summed E-state index contributed by atoms with van der Waals surface area (Å²) in [5, 5.41) is 4.68. The van der Waals surface area contributed by atoms with Gasteiger partial charge in [-0.25, -0.2) is 0 Å². The largest absolute Gasteiger partial charge is 0.495 e. The van der Waals surface area contributed by atoms with Crippen molar-refractivity contribution in [3.63, 3.8) is 0 Å². The molecule has 0 radical (unpaired) electrons. The van der Waals surface area contributed by atoms with Crippen LogP contribution in [0.5, 0.6) is 5.75 Å². The van der Waals surface area contributed by atoms with Crippen molar-refractivity contribution in [2.24, 2.45) is 0 Å². The van der Waals surface area contributed by atoms with Crippen molar-refractivity contribution in [2.45, 2.75) is 13.5 Å². The van der Waals surface area contributed by atoms with Crippen molar-refractivity contribution in [2.75, 3.05) is 33.3 Å². The molecule has 0 aliphatic carbocycles. The van der Waals surface area contributed by atoms with Crippen LogP contribution in [0.15, 0.2) is 18.2 Å². The van der Waals surface area contributed by atoms with E-state index >= 15 is 0 Å². The van der Waals surface area contributed by atoms with Crippen LogP contribution in [0.25, 0.3) is 10.9 Å². The number of hydrogen-bond donors (Lipinski definition) is 2. The summed E-state index contributed by atoms with van der Waals surface area (Å²) >= 11 is 0. The van der Waals surface area contributed by atoms with Crippen LogP contribution < -0.4 is 10.1 Å². The van der Waals surface area contributed by atoms with E-state index in [1.54, 1.807) is 7.11 Å². The highest BCUT2D eigenvalue weighted by molar-refractivity contribution is 5.89. The summed E-state index contributed by atoms with van der Waals surface area (Å²) in [4.78, 5) is 5.97. The molecule has 3 rings (SSSR count). The Morgan fingerprint density at radius 3 is 2.79 bits per heavy atom. The predicted molar refractivity (Wildman–Crippen MR) is 77.7 cm³/mol. The maximum atomic E-state index is 5.43. The third-order valence-electron chi connectivity index (χ3n) is 3.93. The van der Waals surface area contributed by atoms with Gasteiger partial charge in [-0.2, -0.15) is 0 Å². The molecule has 0 spiro atoms. The number of aromatic amines is 1. The van der Waals surface area contributed by atoms with Crippen LogP contribution in [0.2, 0.25) is 0 Å². The monoisotopic (exact) mass is 259 g/mol. The zero-order chi connectivity index (χ0) is 13.2. The van der Waals surface area contributed by atoms with Crippen molar-refractivity contribution < 1.29 is 4.74 Å². The highest BCUT2D eigenvalue weighted by Crippen LogP contribution is 2.30. The molecular weight excluding hydrogens is 238 g/mol. The molecule has 4 heteroatoms. The van der Waals surface area contributed by atoms with Gasteiger partial charge in [0.15, 0.2) is 0 Å². The molecule has 102 valence electrons. The topological polar surface area (TPSA) is 40.3 Å². The molecule has 0 atom stereocenters. The highest BCUT2D eigenvalue weighted by Gasteiger charge is 2.16. The Kier molecular flexibility index (Phi) is 3.44. The van der Waals surface area contributed by atoms with Crippen LogP contribution >= 0.6 is 0 Å². The fourth-order valence-electron chi connectivity index (χ4n) is 2.84. The van der Waals surface area contributed by atoms with Gasteiger partial charge in [-0.3, -0.25) is 4.90 Å². The number of rotatable bonds is 3. The molecule has 0 saturated carbocycles. The standard InChI is InChI=1S/C15H21N3O/c1-11-13(10-18-8-6-16-7-9-18)12-4-3-5-14(19-2)15(12)17-11/h3-5,16-17H,6-10H2,1-2H3. The third-order valence-corrected chi connectivity index (χ3v) is 3.93. The second-order valence-corrected chi connectivity index (χ2v) is 5.14. The number of nitrogens with zero attached hydrogens (tertiary/aromatic N) is 1. The average Bonchev–Trinajstić information content (AvgIpc) is 2.76. The number of fused-ring (bicyclic) bond motifs is 1. The molecule has 1 aromatic heterocycles. The molecule has 0 bridgehead atoms. The Balaban J connectivity index is 1.96. The maximum Gasteiger partial charge on any atom is 0.142 e. The summed E-state index contributed by atoms with van der Waals surface area (Å²) in [6.45, 7) is 7.58. The van der Waals surface area contributed by atoms with E-state index in [2.05, 4.69) is 34.3 Å². The van der Waals surface area contributed by atoms with Gasteiger partial charge in [0.05, 0.1) is 12.6 Å².